The fourth-order valence-corrected chi connectivity index (χ4v) is 5.65. The SMILES string of the molecule is O=[N+]([O-])c1ccc(Nc2nc(N/N=C\c3ccc(/C=N\Nc4nc(Nc5ccc([N+](=O)[O-])cc5)nc(N5CCCC5)n4)cc3)nc(N3CCCC3)n2)cc1. The number of aromatic nitrogens is 6. The summed E-state index contributed by atoms with van der Waals surface area (Å²) in [7, 11) is 0. The first-order valence-corrected chi connectivity index (χ1v) is 17.1. The first-order valence-electron chi connectivity index (χ1n) is 17.1. The van der Waals surface area contributed by atoms with Gasteiger partial charge >= 0.3 is 0 Å². The molecule has 0 unspecified atom stereocenters. The van der Waals surface area contributed by atoms with E-state index in [1.54, 1.807) is 36.7 Å². The number of nitrogens with zero attached hydrogens (tertiary/aromatic N) is 12. The van der Waals surface area contributed by atoms with Gasteiger partial charge in [-0.2, -0.15) is 40.1 Å². The van der Waals surface area contributed by atoms with Gasteiger partial charge in [0.2, 0.25) is 35.7 Å². The highest BCUT2D eigenvalue weighted by atomic mass is 16.6. The van der Waals surface area contributed by atoms with E-state index in [2.05, 4.69) is 71.4 Å². The van der Waals surface area contributed by atoms with Crippen LogP contribution in [0.2, 0.25) is 0 Å². The number of benzene rings is 3. The van der Waals surface area contributed by atoms with Gasteiger partial charge in [0.15, 0.2) is 0 Å². The maximum atomic E-state index is 11.0. The third kappa shape index (κ3) is 9.09. The summed E-state index contributed by atoms with van der Waals surface area (Å²) in [5, 5.41) is 36.9. The van der Waals surface area contributed by atoms with Crippen LogP contribution in [0, 0.1) is 20.2 Å². The standard InChI is InChI=1S/C34H34N16O4/c51-49(52)27-13-9-25(10-14-27)37-29-39-31(43-33(41-29)47-17-1-2-18-47)45-35-21-23-5-7-24(8-6-23)22-36-46-32-40-30(42-34(44-32)48-19-3-4-20-48)38-26-11-15-28(16-12-26)50(53)54/h5-16,21-22H,1-4,17-20H2,(H2,37,39,41,43,45)(H2,38,40,42,44,46)/b35-21-,36-22-. The van der Waals surface area contributed by atoms with Crippen LogP contribution in [0.3, 0.4) is 0 Å². The van der Waals surface area contributed by atoms with E-state index in [-0.39, 0.29) is 35.2 Å². The van der Waals surface area contributed by atoms with Gasteiger partial charge in [0.1, 0.15) is 0 Å². The third-order valence-electron chi connectivity index (χ3n) is 8.39. The lowest BCUT2D eigenvalue weighted by Crippen LogP contribution is -2.21. The minimum absolute atomic E-state index is 0.0140. The first kappa shape index (κ1) is 35.0. The van der Waals surface area contributed by atoms with Crippen molar-refractivity contribution in [2.24, 2.45) is 10.2 Å². The van der Waals surface area contributed by atoms with Crippen LogP contribution >= 0.6 is 0 Å². The zero-order valence-electron chi connectivity index (χ0n) is 28.7. The van der Waals surface area contributed by atoms with Gasteiger partial charge in [0.05, 0.1) is 22.3 Å². The Kier molecular flexibility index (Phi) is 10.6. The average Bonchev–Trinajstić information content (AvgIpc) is 3.92. The van der Waals surface area contributed by atoms with Crippen LogP contribution < -0.4 is 31.3 Å². The predicted molar refractivity (Wildman–Crippen MR) is 204 cm³/mol. The zero-order chi connectivity index (χ0) is 37.3. The normalized spacial score (nSPS) is 14.1. The Morgan fingerprint density at radius 3 is 1.22 bits per heavy atom. The monoisotopic (exact) mass is 730 g/mol. The first-order chi connectivity index (χ1) is 26.3. The quantitative estimate of drug-likeness (QED) is 0.0630. The summed E-state index contributed by atoms with van der Waals surface area (Å²) in [6, 6.07) is 19.5. The van der Waals surface area contributed by atoms with Crippen LogP contribution in [0.4, 0.5) is 58.4 Å². The second-order valence-corrected chi connectivity index (χ2v) is 12.2. The number of anilines is 8. The Morgan fingerprint density at radius 2 is 0.870 bits per heavy atom. The number of non-ortho nitro benzene ring substituents is 2. The molecule has 2 aliphatic heterocycles. The van der Waals surface area contributed by atoms with Crippen LogP contribution in [0.1, 0.15) is 36.8 Å². The number of nitro groups is 2. The van der Waals surface area contributed by atoms with Crippen LogP contribution in [0.15, 0.2) is 83.0 Å². The summed E-state index contributed by atoms with van der Waals surface area (Å²) in [6.45, 7) is 3.30. The molecule has 2 fully saturated rings. The van der Waals surface area contributed by atoms with Crippen molar-refractivity contribution in [2.75, 3.05) is 57.5 Å². The lowest BCUT2D eigenvalue weighted by molar-refractivity contribution is -0.385. The van der Waals surface area contributed by atoms with E-state index < -0.39 is 9.85 Å². The van der Waals surface area contributed by atoms with Crippen LogP contribution in [0.25, 0.3) is 0 Å². The molecule has 0 atom stereocenters. The van der Waals surface area contributed by atoms with E-state index in [4.69, 9.17) is 0 Å². The molecule has 0 aliphatic carbocycles. The van der Waals surface area contributed by atoms with Gasteiger partial charge < -0.3 is 20.4 Å². The van der Waals surface area contributed by atoms with E-state index >= 15 is 0 Å². The number of hydrogen-bond donors (Lipinski definition) is 4. The Labute approximate surface area is 307 Å². The smallest absolute Gasteiger partial charge is 0.269 e. The number of hydrazone groups is 2. The van der Waals surface area contributed by atoms with Crippen LogP contribution in [0.5, 0.6) is 0 Å². The minimum Gasteiger partial charge on any atom is -0.341 e. The third-order valence-corrected chi connectivity index (χ3v) is 8.39. The molecule has 0 amide bonds. The van der Waals surface area contributed by atoms with Gasteiger partial charge in [0, 0.05) is 61.8 Å². The Balaban J connectivity index is 0.990. The molecule has 4 N–H and O–H groups in total. The van der Waals surface area contributed by atoms with Gasteiger partial charge in [-0.25, -0.2) is 10.9 Å². The van der Waals surface area contributed by atoms with Gasteiger partial charge in [-0.1, -0.05) is 24.3 Å². The van der Waals surface area contributed by atoms with E-state index in [0.717, 1.165) is 63.0 Å². The molecular formula is C34H34N16O4. The molecule has 20 heteroatoms. The topological polar surface area (TPSA) is 243 Å². The summed E-state index contributed by atoms with van der Waals surface area (Å²) in [5.74, 6) is 2.03. The molecule has 0 radical (unpaired) electrons. The number of nitro benzene ring substituents is 2. The molecule has 0 bridgehead atoms. The molecule has 54 heavy (non-hydrogen) atoms. The highest BCUT2D eigenvalue weighted by Gasteiger charge is 2.19. The van der Waals surface area contributed by atoms with Crippen molar-refractivity contribution < 1.29 is 9.85 Å². The average molecular weight is 731 g/mol. The van der Waals surface area contributed by atoms with Crippen molar-refractivity contribution in [1.82, 2.24) is 29.9 Å². The summed E-state index contributed by atoms with van der Waals surface area (Å²) >= 11 is 0. The number of hydrogen-bond acceptors (Lipinski definition) is 18. The van der Waals surface area contributed by atoms with Crippen molar-refractivity contribution in [3.63, 3.8) is 0 Å². The summed E-state index contributed by atoms with van der Waals surface area (Å²) in [6.07, 6.45) is 7.41. The molecule has 3 aromatic carbocycles. The molecule has 2 saturated heterocycles. The van der Waals surface area contributed by atoms with Gasteiger partial charge in [-0.05, 0) is 61.1 Å². The van der Waals surface area contributed by atoms with Crippen molar-refractivity contribution in [3.8, 4) is 0 Å². The fraction of sp³-hybridized carbons (Fsp3) is 0.235. The van der Waals surface area contributed by atoms with Crippen molar-refractivity contribution in [3.05, 3.63) is 104 Å². The maximum Gasteiger partial charge on any atom is 0.269 e. The molecule has 4 heterocycles. The van der Waals surface area contributed by atoms with Crippen molar-refractivity contribution >= 4 is 70.9 Å². The highest BCUT2D eigenvalue weighted by molar-refractivity contribution is 5.84. The lowest BCUT2D eigenvalue weighted by atomic mass is 10.2. The van der Waals surface area contributed by atoms with Gasteiger partial charge in [0.25, 0.3) is 11.4 Å². The molecule has 0 saturated carbocycles. The van der Waals surface area contributed by atoms with Gasteiger partial charge in [-0.3, -0.25) is 20.2 Å². The molecule has 2 aromatic heterocycles. The molecule has 2 aliphatic rings. The van der Waals surface area contributed by atoms with E-state index in [9.17, 15) is 20.2 Å². The fourth-order valence-electron chi connectivity index (χ4n) is 5.65. The summed E-state index contributed by atoms with van der Waals surface area (Å²) < 4.78 is 0. The van der Waals surface area contributed by atoms with E-state index in [0.29, 0.717) is 23.3 Å². The second-order valence-electron chi connectivity index (χ2n) is 12.2. The van der Waals surface area contributed by atoms with Gasteiger partial charge in [-0.15, -0.1) is 0 Å². The van der Waals surface area contributed by atoms with Crippen LogP contribution in [-0.2, 0) is 0 Å². The second kappa shape index (κ2) is 16.3. The van der Waals surface area contributed by atoms with Crippen LogP contribution in [-0.4, -0.2) is 78.4 Å². The lowest BCUT2D eigenvalue weighted by Gasteiger charge is -2.16. The minimum atomic E-state index is -0.455. The molecule has 7 rings (SSSR count). The molecule has 274 valence electrons. The Morgan fingerprint density at radius 1 is 0.519 bits per heavy atom. The van der Waals surface area contributed by atoms with Crippen molar-refractivity contribution in [1.29, 1.82) is 0 Å². The van der Waals surface area contributed by atoms with E-state index in [1.807, 2.05) is 24.3 Å². The summed E-state index contributed by atoms with van der Waals surface area (Å²) in [5.41, 5.74) is 8.54. The zero-order valence-corrected chi connectivity index (χ0v) is 28.7. The van der Waals surface area contributed by atoms with Crippen molar-refractivity contribution in [2.45, 2.75) is 25.7 Å². The Hall–Kier alpha value is -7.38. The molecule has 5 aromatic rings. The largest absolute Gasteiger partial charge is 0.341 e. The Bertz CT molecular complexity index is 2000. The number of rotatable bonds is 14. The molecular weight excluding hydrogens is 696 g/mol. The molecule has 0 spiro atoms. The number of nitrogens with one attached hydrogen (secondary N) is 4. The summed E-state index contributed by atoms with van der Waals surface area (Å²) in [4.78, 5) is 52.4. The molecule has 20 nitrogen and oxygen atoms in total. The maximum absolute atomic E-state index is 11.0. The highest BCUT2D eigenvalue weighted by Crippen LogP contribution is 2.24. The predicted octanol–water partition coefficient (Wildman–Crippen LogP) is 5.45. The van der Waals surface area contributed by atoms with E-state index in [1.165, 1.54) is 24.3 Å².